The zero-order valence-electron chi connectivity index (χ0n) is 18.1. The zero-order valence-corrected chi connectivity index (χ0v) is 18.1. The number of nitrogens with zero attached hydrogens (tertiary/aromatic N) is 1. The number of benzene rings is 1. The van der Waals surface area contributed by atoms with Gasteiger partial charge in [0, 0.05) is 0 Å². The Kier molecular flexibility index (Phi) is 6.24. The molecule has 0 radical (unpaired) electrons. The minimum absolute atomic E-state index is 0.0640. The Labute approximate surface area is 181 Å². The lowest BCUT2D eigenvalue weighted by molar-refractivity contribution is -0.149. The predicted octanol–water partition coefficient (Wildman–Crippen LogP) is 1.73. The second-order valence-corrected chi connectivity index (χ2v) is 9.32. The van der Waals surface area contributed by atoms with Gasteiger partial charge in [-0.3, -0.25) is 19.3 Å². The number of hydrogen-bond donors (Lipinski definition) is 2. The van der Waals surface area contributed by atoms with Gasteiger partial charge in [0.15, 0.2) is 6.61 Å². The van der Waals surface area contributed by atoms with Crippen molar-refractivity contribution >= 4 is 23.8 Å². The number of nitrogens with two attached hydrogens (primary N) is 1. The molecule has 2 unspecified atom stereocenters. The molecule has 1 aromatic rings. The molecule has 0 bridgehead atoms. The topological polar surface area (TPSA) is 128 Å². The maximum Gasteiger partial charge on any atom is 0.326 e. The number of carbonyl (C=O) groups excluding carboxylic acids is 4. The second-order valence-electron chi connectivity index (χ2n) is 9.32. The highest BCUT2D eigenvalue weighted by Gasteiger charge is 2.56. The van der Waals surface area contributed by atoms with Crippen molar-refractivity contribution in [3.05, 3.63) is 29.8 Å². The first-order chi connectivity index (χ1) is 14.5. The first-order valence-corrected chi connectivity index (χ1v) is 10.3. The van der Waals surface area contributed by atoms with E-state index in [9.17, 15) is 19.2 Å². The summed E-state index contributed by atoms with van der Waals surface area (Å²) in [5.41, 5.74) is 4.65. The summed E-state index contributed by atoms with van der Waals surface area (Å²) in [4.78, 5) is 49.7. The normalized spacial score (nSPS) is 24.7. The quantitative estimate of drug-likeness (QED) is 0.500. The molecule has 1 aromatic carbocycles. The number of nitrogens with one attached hydrogen (secondary N) is 1. The van der Waals surface area contributed by atoms with E-state index in [-0.39, 0.29) is 30.5 Å². The van der Waals surface area contributed by atoms with Crippen LogP contribution >= 0.6 is 0 Å². The Morgan fingerprint density at radius 2 is 2.00 bits per heavy atom. The van der Waals surface area contributed by atoms with Crippen molar-refractivity contribution in [3.8, 4) is 5.75 Å². The Balaban J connectivity index is 1.58. The van der Waals surface area contributed by atoms with Crippen molar-refractivity contribution in [1.29, 1.82) is 0 Å². The number of esters is 1. The number of rotatable bonds is 7. The van der Waals surface area contributed by atoms with Gasteiger partial charge in [0.25, 0.3) is 11.8 Å². The molecule has 1 aliphatic carbocycles. The summed E-state index contributed by atoms with van der Waals surface area (Å²) in [6.07, 6.45) is 2.07. The molecule has 31 heavy (non-hydrogen) atoms. The predicted molar refractivity (Wildman–Crippen MR) is 111 cm³/mol. The molecule has 168 valence electrons. The summed E-state index contributed by atoms with van der Waals surface area (Å²) in [6.45, 7) is 5.47. The van der Waals surface area contributed by atoms with Gasteiger partial charge in [0.05, 0.1) is 0 Å². The number of carbonyl (C=O) groups is 4. The lowest BCUT2D eigenvalue weighted by Crippen LogP contribution is -2.54. The van der Waals surface area contributed by atoms with Crippen LogP contribution in [0, 0.1) is 11.3 Å². The monoisotopic (exact) mass is 431 g/mol. The molecule has 2 fully saturated rings. The van der Waals surface area contributed by atoms with Gasteiger partial charge in [0.2, 0.25) is 0 Å². The van der Waals surface area contributed by atoms with Gasteiger partial charge in [0.1, 0.15) is 24.4 Å². The van der Waals surface area contributed by atoms with E-state index >= 15 is 0 Å². The molecule has 1 saturated heterocycles. The molecule has 0 aromatic heterocycles. The molecule has 1 aliphatic heterocycles. The molecule has 9 nitrogen and oxygen atoms in total. The van der Waals surface area contributed by atoms with Crippen LogP contribution < -0.4 is 15.8 Å². The summed E-state index contributed by atoms with van der Waals surface area (Å²) >= 11 is 0. The lowest BCUT2D eigenvalue weighted by Gasteiger charge is -2.43. The second kappa shape index (κ2) is 8.56. The van der Waals surface area contributed by atoms with Gasteiger partial charge in [-0.15, -0.1) is 0 Å². The highest BCUT2D eigenvalue weighted by atomic mass is 16.5. The van der Waals surface area contributed by atoms with E-state index < -0.39 is 30.0 Å². The minimum atomic E-state index is -0.954. The van der Waals surface area contributed by atoms with Crippen molar-refractivity contribution < 1.29 is 28.7 Å². The van der Waals surface area contributed by atoms with Gasteiger partial charge in [-0.2, -0.15) is 0 Å². The molecule has 3 N–H and O–H groups in total. The lowest BCUT2D eigenvalue weighted by atomic mass is 9.64. The number of ether oxygens (including phenoxy) is 2. The van der Waals surface area contributed by atoms with E-state index in [0.29, 0.717) is 24.2 Å². The third kappa shape index (κ3) is 5.34. The standard InChI is InChI=1S/C22H29N3O6/c1-14-8-21(2,3)13-22(9-14)19(28)25(20(29)24-22)10-18(27)31-11-15-5-4-6-16(7-15)30-12-17(23)26/h4-7,14H,8-13H2,1-3H3,(H2,23,26)(H,24,29). The average Bonchev–Trinajstić information content (AvgIpc) is 2.86. The van der Waals surface area contributed by atoms with E-state index in [4.69, 9.17) is 15.2 Å². The number of urea groups is 1. The SMILES string of the molecule is CC1CC(C)(C)CC2(C1)NC(=O)N(CC(=O)OCc1cccc(OCC(N)=O)c1)C2=O. The molecular weight excluding hydrogens is 402 g/mol. The van der Waals surface area contributed by atoms with E-state index in [1.807, 2.05) is 0 Å². The fourth-order valence-electron chi connectivity index (χ4n) is 4.87. The summed E-state index contributed by atoms with van der Waals surface area (Å²) in [6, 6.07) is 6.11. The highest BCUT2D eigenvalue weighted by Crippen LogP contribution is 2.46. The fourth-order valence-corrected chi connectivity index (χ4v) is 4.87. The molecule has 3 rings (SSSR count). The Hall–Kier alpha value is -3.10. The van der Waals surface area contributed by atoms with Gasteiger partial charge in [-0.1, -0.05) is 32.9 Å². The van der Waals surface area contributed by atoms with Crippen LogP contribution in [0.5, 0.6) is 5.75 Å². The summed E-state index contributed by atoms with van der Waals surface area (Å²) < 4.78 is 10.5. The molecule has 1 saturated carbocycles. The van der Waals surface area contributed by atoms with Crippen molar-refractivity contribution in [2.45, 2.75) is 52.2 Å². The molecule has 9 heteroatoms. The van der Waals surface area contributed by atoms with Crippen LogP contribution in [-0.4, -0.2) is 47.4 Å². The van der Waals surface area contributed by atoms with Crippen LogP contribution in [0.15, 0.2) is 24.3 Å². The van der Waals surface area contributed by atoms with Gasteiger partial charge in [-0.25, -0.2) is 4.79 Å². The van der Waals surface area contributed by atoms with Crippen LogP contribution in [0.4, 0.5) is 4.79 Å². The Morgan fingerprint density at radius 1 is 1.26 bits per heavy atom. The van der Waals surface area contributed by atoms with Crippen molar-refractivity contribution in [1.82, 2.24) is 10.2 Å². The maximum atomic E-state index is 13.1. The largest absolute Gasteiger partial charge is 0.484 e. The van der Waals surface area contributed by atoms with Gasteiger partial charge < -0.3 is 20.5 Å². The third-order valence-corrected chi connectivity index (χ3v) is 5.59. The summed E-state index contributed by atoms with van der Waals surface area (Å²) in [7, 11) is 0. The van der Waals surface area contributed by atoms with Crippen LogP contribution in [0.1, 0.15) is 45.6 Å². The molecule has 1 spiro atoms. The smallest absolute Gasteiger partial charge is 0.326 e. The Bertz CT molecular complexity index is 899. The number of hydrogen-bond acceptors (Lipinski definition) is 6. The molecule has 2 atom stereocenters. The van der Waals surface area contributed by atoms with E-state index in [0.717, 1.165) is 11.3 Å². The zero-order chi connectivity index (χ0) is 22.8. The van der Waals surface area contributed by atoms with Crippen LogP contribution in [0.2, 0.25) is 0 Å². The van der Waals surface area contributed by atoms with Gasteiger partial charge >= 0.3 is 12.0 Å². The number of imide groups is 1. The van der Waals surface area contributed by atoms with Crippen molar-refractivity contribution in [2.75, 3.05) is 13.2 Å². The third-order valence-electron chi connectivity index (χ3n) is 5.59. The van der Waals surface area contributed by atoms with Crippen LogP contribution in [0.3, 0.4) is 0 Å². The van der Waals surface area contributed by atoms with Gasteiger partial charge in [-0.05, 0) is 48.3 Å². The van der Waals surface area contributed by atoms with E-state index in [1.54, 1.807) is 24.3 Å². The number of primary amides is 1. The number of amides is 4. The van der Waals surface area contributed by atoms with Crippen LogP contribution in [-0.2, 0) is 25.7 Å². The first-order valence-electron chi connectivity index (χ1n) is 10.3. The molecular formula is C22H29N3O6. The first kappa shape index (κ1) is 22.6. The van der Waals surface area contributed by atoms with E-state index in [2.05, 4.69) is 26.1 Å². The molecule has 4 amide bonds. The average molecular weight is 431 g/mol. The van der Waals surface area contributed by atoms with E-state index in [1.165, 1.54) is 0 Å². The molecule has 2 aliphatic rings. The summed E-state index contributed by atoms with van der Waals surface area (Å²) in [5, 5.41) is 2.84. The van der Waals surface area contributed by atoms with Crippen LogP contribution in [0.25, 0.3) is 0 Å². The fraction of sp³-hybridized carbons (Fsp3) is 0.545. The summed E-state index contributed by atoms with van der Waals surface area (Å²) in [5.74, 6) is -0.955. The van der Waals surface area contributed by atoms with Crippen molar-refractivity contribution in [3.63, 3.8) is 0 Å². The van der Waals surface area contributed by atoms with Crippen molar-refractivity contribution in [2.24, 2.45) is 17.1 Å². The molecule has 1 heterocycles. The maximum absolute atomic E-state index is 13.1. The highest BCUT2D eigenvalue weighted by molar-refractivity contribution is 6.08. The minimum Gasteiger partial charge on any atom is -0.484 e. The Morgan fingerprint density at radius 3 is 2.68 bits per heavy atom.